The third-order valence-corrected chi connectivity index (χ3v) is 5.63. The van der Waals surface area contributed by atoms with E-state index in [1.165, 1.54) is 32.1 Å². The smallest absolute Gasteiger partial charge is 0.255 e. The Hall–Kier alpha value is -2.38. The molecule has 1 amide bonds. The Bertz CT molecular complexity index is 889. The summed E-state index contributed by atoms with van der Waals surface area (Å²) in [7, 11) is 1.56. The molecule has 0 radical (unpaired) electrons. The molecular weight excluding hydrogens is 404 g/mol. The van der Waals surface area contributed by atoms with Crippen LogP contribution in [0, 0.1) is 0 Å². The Balaban J connectivity index is 0.000000837. The van der Waals surface area contributed by atoms with Gasteiger partial charge < -0.3 is 25.3 Å². The Kier molecular flexibility index (Phi) is 11.2. The summed E-state index contributed by atoms with van der Waals surface area (Å²) in [5, 5.41) is 10.4. The number of nitrogens with one attached hydrogen (secondary N) is 3. The van der Waals surface area contributed by atoms with E-state index in [4.69, 9.17) is 9.53 Å². The summed E-state index contributed by atoms with van der Waals surface area (Å²) in [6.07, 6.45) is 7.04. The van der Waals surface area contributed by atoms with Gasteiger partial charge in [-0.25, -0.2) is 0 Å². The van der Waals surface area contributed by atoms with Gasteiger partial charge in [-0.3, -0.25) is 9.59 Å². The van der Waals surface area contributed by atoms with Crippen LogP contribution in [0.1, 0.15) is 58.4 Å². The molecule has 1 aliphatic carbocycles. The number of hydrogen-bond acceptors (Lipinski definition) is 5. The molecule has 7 nitrogen and oxygen atoms in total. The normalized spacial score (nSPS) is 14.2. The molecule has 0 bridgehead atoms. The molecule has 1 fully saturated rings. The number of anilines is 1. The van der Waals surface area contributed by atoms with Gasteiger partial charge in [-0.2, -0.15) is 0 Å². The second-order valence-electron chi connectivity index (χ2n) is 8.52. The van der Waals surface area contributed by atoms with Crippen LogP contribution in [0.3, 0.4) is 0 Å². The number of nitrogens with zero attached hydrogens (tertiary/aromatic N) is 1. The molecular formula is C25H40N4O3. The maximum absolute atomic E-state index is 13.1. The predicted octanol–water partition coefficient (Wildman–Crippen LogP) is 3.64. The minimum absolute atomic E-state index is 0.0789. The van der Waals surface area contributed by atoms with Gasteiger partial charge in [-0.1, -0.05) is 39.2 Å². The third kappa shape index (κ3) is 7.95. The molecule has 0 spiro atoms. The molecule has 2 aromatic rings. The summed E-state index contributed by atoms with van der Waals surface area (Å²) in [6.45, 7) is 8.54. The molecule has 3 N–H and O–H groups in total. The van der Waals surface area contributed by atoms with Crippen molar-refractivity contribution in [1.82, 2.24) is 15.2 Å². The molecule has 0 saturated heterocycles. The van der Waals surface area contributed by atoms with Gasteiger partial charge in [0.25, 0.3) is 5.56 Å². The van der Waals surface area contributed by atoms with Crippen molar-refractivity contribution in [3.05, 3.63) is 40.2 Å². The van der Waals surface area contributed by atoms with Crippen LogP contribution in [-0.2, 0) is 22.6 Å². The zero-order chi connectivity index (χ0) is 23.3. The standard InChI is InChI=1S/C23H35N3O2.C2H5NO/c1-4-28-13-12-26-22-15-21(25-20-8-6-5-7-9-20)11-10-18(22)14-19(23(26)27)16-24-17(2)3;1-3-2-4/h10-11,14-15,17,20,24-25H,4-9,12-13,16H2,1-3H3;2H,1H3,(H,3,4). The summed E-state index contributed by atoms with van der Waals surface area (Å²) in [4.78, 5) is 22.2. The summed E-state index contributed by atoms with van der Waals surface area (Å²) in [6, 6.07) is 9.34. The van der Waals surface area contributed by atoms with Crippen LogP contribution in [0.5, 0.6) is 0 Å². The Morgan fingerprint density at radius 3 is 2.53 bits per heavy atom. The van der Waals surface area contributed by atoms with Crippen LogP contribution >= 0.6 is 0 Å². The minimum Gasteiger partial charge on any atom is -0.382 e. The van der Waals surface area contributed by atoms with Crippen LogP contribution in [0.25, 0.3) is 10.9 Å². The minimum atomic E-state index is 0.0789. The third-order valence-electron chi connectivity index (χ3n) is 5.63. The van der Waals surface area contributed by atoms with E-state index in [9.17, 15) is 4.79 Å². The van der Waals surface area contributed by atoms with Crippen LogP contribution in [0.15, 0.2) is 29.1 Å². The summed E-state index contributed by atoms with van der Waals surface area (Å²) >= 11 is 0. The summed E-state index contributed by atoms with van der Waals surface area (Å²) in [5.74, 6) is 0. The fraction of sp³-hybridized carbons (Fsp3) is 0.600. The average molecular weight is 445 g/mol. The first-order chi connectivity index (χ1) is 15.5. The highest BCUT2D eigenvalue weighted by molar-refractivity contribution is 5.83. The predicted molar refractivity (Wildman–Crippen MR) is 132 cm³/mol. The number of rotatable bonds is 10. The Morgan fingerprint density at radius 2 is 1.91 bits per heavy atom. The van der Waals surface area contributed by atoms with Crippen molar-refractivity contribution in [1.29, 1.82) is 0 Å². The molecule has 1 saturated carbocycles. The number of aromatic nitrogens is 1. The first-order valence-electron chi connectivity index (χ1n) is 11.8. The molecule has 1 heterocycles. The number of amides is 1. The Labute approximate surface area is 191 Å². The van der Waals surface area contributed by atoms with Gasteiger partial charge in [-0.15, -0.1) is 0 Å². The van der Waals surface area contributed by atoms with Crippen molar-refractivity contribution in [3.63, 3.8) is 0 Å². The van der Waals surface area contributed by atoms with Crippen LogP contribution in [0.2, 0.25) is 0 Å². The van der Waals surface area contributed by atoms with Crippen LogP contribution in [-0.4, -0.2) is 43.3 Å². The van der Waals surface area contributed by atoms with E-state index in [1.54, 1.807) is 7.05 Å². The monoisotopic (exact) mass is 444 g/mol. The van der Waals surface area contributed by atoms with Crippen molar-refractivity contribution in [2.75, 3.05) is 25.6 Å². The molecule has 178 valence electrons. The topological polar surface area (TPSA) is 84.4 Å². The van der Waals surface area contributed by atoms with Crippen molar-refractivity contribution in [3.8, 4) is 0 Å². The first kappa shape index (κ1) is 25.9. The van der Waals surface area contributed by atoms with E-state index in [2.05, 4.69) is 48.0 Å². The zero-order valence-corrected chi connectivity index (χ0v) is 20.1. The van der Waals surface area contributed by atoms with E-state index in [1.807, 2.05) is 17.6 Å². The van der Waals surface area contributed by atoms with Gasteiger partial charge >= 0.3 is 0 Å². The van der Waals surface area contributed by atoms with Gasteiger partial charge in [0.15, 0.2) is 0 Å². The maximum atomic E-state index is 13.1. The molecule has 1 aliphatic rings. The number of ether oxygens (including phenoxy) is 1. The van der Waals surface area contributed by atoms with E-state index < -0.39 is 0 Å². The van der Waals surface area contributed by atoms with Crippen molar-refractivity contribution in [2.24, 2.45) is 0 Å². The Morgan fingerprint density at radius 1 is 1.19 bits per heavy atom. The largest absolute Gasteiger partial charge is 0.382 e. The van der Waals surface area contributed by atoms with Gasteiger partial charge in [0, 0.05) is 50.1 Å². The lowest BCUT2D eigenvalue weighted by molar-refractivity contribution is -0.109. The highest BCUT2D eigenvalue weighted by Gasteiger charge is 2.15. The molecule has 7 heteroatoms. The highest BCUT2D eigenvalue weighted by Crippen LogP contribution is 2.24. The maximum Gasteiger partial charge on any atom is 0.255 e. The lowest BCUT2D eigenvalue weighted by atomic mass is 9.95. The lowest BCUT2D eigenvalue weighted by Gasteiger charge is -2.24. The summed E-state index contributed by atoms with van der Waals surface area (Å²) < 4.78 is 7.42. The van der Waals surface area contributed by atoms with E-state index in [0.29, 0.717) is 44.8 Å². The van der Waals surface area contributed by atoms with E-state index in [-0.39, 0.29) is 5.56 Å². The van der Waals surface area contributed by atoms with Crippen molar-refractivity contribution < 1.29 is 9.53 Å². The molecule has 0 aliphatic heterocycles. The van der Waals surface area contributed by atoms with Crippen molar-refractivity contribution in [2.45, 2.75) is 78.0 Å². The molecule has 3 rings (SSSR count). The van der Waals surface area contributed by atoms with Crippen LogP contribution in [0.4, 0.5) is 5.69 Å². The highest BCUT2D eigenvalue weighted by atomic mass is 16.5. The number of pyridine rings is 1. The zero-order valence-electron chi connectivity index (χ0n) is 20.1. The quantitative estimate of drug-likeness (QED) is 0.385. The molecule has 32 heavy (non-hydrogen) atoms. The van der Waals surface area contributed by atoms with Gasteiger partial charge in [-0.05, 0) is 43.4 Å². The average Bonchev–Trinajstić information content (AvgIpc) is 2.80. The molecule has 1 aromatic heterocycles. The molecule has 0 atom stereocenters. The fourth-order valence-electron chi connectivity index (χ4n) is 3.97. The second kappa shape index (κ2) is 13.9. The lowest BCUT2D eigenvalue weighted by Crippen LogP contribution is -2.31. The number of carbonyl (C=O) groups excluding carboxylic acids is 1. The van der Waals surface area contributed by atoms with Crippen LogP contribution < -0.4 is 21.5 Å². The number of hydrogen-bond donors (Lipinski definition) is 3. The first-order valence-corrected chi connectivity index (χ1v) is 11.8. The SMILES string of the molecule is CCOCCn1c(=O)c(CNC(C)C)cc2ccc(NC3CCCCC3)cc21.CNC=O. The summed E-state index contributed by atoms with van der Waals surface area (Å²) in [5.41, 5.74) is 2.98. The van der Waals surface area contributed by atoms with Gasteiger partial charge in [0.05, 0.1) is 12.1 Å². The number of carbonyl (C=O) groups is 1. The molecule has 1 aromatic carbocycles. The number of fused-ring (bicyclic) bond motifs is 1. The van der Waals surface area contributed by atoms with E-state index >= 15 is 0 Å². The van der Waals surface area contributed by atoms with E-state index in [0.717, 1.165) is 22.2 Å². The van der Waals surface area contributed by atoms with Gasteiger partial charge in [0.1, 0.15) is 0 Å². The molecule has 0 unspecified atom stereocenters. The second-order valence-corrected chi connectivity index (χ2v) is 8.52. The van der Waals surface area contributed by atoms with Gasteiger partial charge in [0.2, 0.25) is 6.41 Å². The number of benzene rings is 1. The fourth-order valence-corrected chi connectivity index (χ4v) is 3.97. The van der Waals surface area contributed by atoms with Crippen molar-refractivity contribution >= 4 is 23.0 Å².